The van der Waals surface area contributed by atoms with Gasteiger partial charge in [0, 0.05) is 37.7 Å². The Labute approximate surface area is 213 Å². The molecule has 9 heteroatoms. The van der Waals surface area contributed by atoms with Gasteiger partial charge >= 0.3 is 0 Å². The quantitative estimate of drug-likeness (QED) is 0.403. The number of nitrogens with zero attached hydrogens (tertiary/aromatic N) is 1. The van der Waals surface area contributed by atoms with Crippen molar-refractivity contribution in [1.29, 1.82) is 0 Å². The molecule has 0 aliphatic carbocycles. The standard InChI is InChI=1S/C27H41F2N3O4/c1-5-8-36-22-14-23(30-15-22)25(33)24(12-18-10-20(28)13-21(29)11-18)31-26(34)17(4)32-7-6-19(27(32)35)9-16(2)3/h10-11,13,16-17,19,22-25,30,33H,5-9,12,14-15H2,1-4H3,(H,31,34)/t17?,19-,22-,23-,24+,25-/m1/s1. The molecular formula is C27H41F2N3O4. The number of aliphatic hydroxyl groups is 1. The smallest absolute Gasteiger partial charge is 0.242 e. The fourth-order valence-electron chi connectivity index (χ4n) is 5.30. The van der Waals surface area contributed by atoms with Crippen LogP contribution in [0.3, 0.4) is 0 Å². The monoisotopic (exact) mass is 509 g/mol. The minimum Gasteiger partial charge on any atom is -0.389 e. The Morgan fingerprint density at radius 3 is 2.58 bits per heavy atom. The molecule has 0 radical (unpaired) electrons. The van der Waals surface area contributed by atoms with Crippen LogP contribution < -0.4 is 10.6 Å². The van der Waals surface area contributed by atoms with Crippen molar-refractivity contribution in [2.75, 3.05) is 19.7 Å². The molecule has 3 rings (SSSR count). The predicted octanol–water partition coefficient (Wildman–Crippen LogP) is 2.79. The lowest BCUT2D eigenvalue weighted by molar-refractivity contribution is -0.139. The van der Waals surface area contributed by atoms with Crippen LogP contribution in [0, 0.1) is 23.5 Å². The van der Waals surface area contributed by atoms with Crippen molar-refractivity contribution < 1.29 is 28.2 Å². The first-order chi connectivity index (χ1) is 17.1. The van der Waals surface area contributed by atoms with Crippen LogP contribution in [-0.4, -0.2) is 71.9 Å². The van der Waals surface area contributed by atoms with Crippen LogP contribution in [0.2, 0.25) is 0 Å². The molecule has 2 aliphatic rings. The zero-order chi connectivity index (χ0) is 26.4. The lowest BCUT2D eigenvalue weighted by Gasteiger charge is -2.31. The first-order valence-electron chi connectivity index (χ1n) is 13.2. The maximum atomic E-state index is 13.9. The lowest BCUT2D eigenvalue weighted by Crippen LogP contribution is -2.56. The summed E-state index contributed by atoms with van der Waals surface area (Å²) >= 11 is 0. The van der Waals surface area contributed by atoms with Crippen molar-refractivity contribution in [3.05, 3.63) is 35.4 Å². The number of halogens is 2. The molecule has 2 saturated heterocycles. The van der Waals surface area contributed by atoms with Crippen LogP contribution in [0.15, 0.2) is 18.2 Å². The largest absolute Gasteiger partial charge is 0.389 e. The number of carbonyl (C=O) groups excluding carboxylic acids is 2. The van der Waals surface area contributed by atoms with E-state index in [1.807, 2.05) is 6.92 Å². The Morgan fingerprint density at radius 2 is 1.94 bits per heavy atom. The molecule has 2 aliphatic heterocycles. The third-order valence-electron chi connectivity index (χ3n) is 7.17. The molecule has 1 aromatic rings. The number of benzene rings is 1. The SMILES string of the molecule is CCCO[C@H]1CN[C@@H]([C@@H](O)[C@H](Cc2cc(F)cc(F)c2)NC(=O)C(C)N2CC[C@H](CC(C)C)C2=O)C1. The summed E-state index contributed by atoms with van der Waals surface area (Å²) in [6.07, 6.45) is 1.91. The fourth-order valence-corrected chi connectivity index (χ4v) is 5.30. The Kier molecular flexibility index (Phi) is 10.2. The van der Waals surface area contributed by atoms with Gasteiger partial charge in [-0.3, -0.25) is 9.59 Å². The van der Waals surface area contributed by atoms with Gasteiger partial charge in [-0.1, -0.05) is 20.8 Å². The summed E-state index contributed by atoms with van der Waals surface area (Å²) in [5.41, 5.74) is 0.329. The van der Waals surface area contributed by atoms with Crippen LogP contribution >= 0.6 is 0 Å². The predicted molar refractivity (Wildman–Crippen MR) is 133 cm³/mol. The maximum Gasteiger partial charge on any atom is 0.242 e. The molecule has 1 unspecified atom stereocenters. The molecule has 2 amide bonds. The van der Waals surface area contributed by atoms with Gasteiger partial charge in [0.25, 0.3) is 0 Å². The van der Waals surface area contributed by atoms with Gasteiger partial charge < -0.3 is 25.4 Å². The molecule has 0 spiro atoms. The molecular weight excluding hydrogens is 468 g/mol. The van der Waals surface area contributed by atoms with E-state index < -0.39 is 35.7 Å². The van der Waals surface area contributed by atoms with Crippen LogP contribution in [-0.2, 0) is 20.7 Å². The molecule has 36 heavy (non-hydrogen) atoms. The van der Waals surface area contributed by atoms with Gasteiger partial charge in [0.05, 0.1) is 18.2 Å². The third-order valence-corrected chi connectivity index (χ3v) is 7.17. The second kappa shape index (κ2) is 12.9. The minimum absolute atomic E-state index is 0.0241. The van der Waals surface area contributed by atoms with Crippen molar-refractivity contribution in [2.24, 2.45) is 11.8 Å². The van der Waals surface area contributed by atoms with Gasteiger partial charge in [-0.05, 0) is 62.6 Å². The number of carbonyl (C=O) groups is 2. The number of likely N-dealkylation sites (tertiary alicyclic amines) is 1. The maximum absolute atomic E-state index is 13.9. The molecule has 2 fully saturated rings. The van der Waals surface area contributed by atoms with E-state index in [4.69, 9.17) is 4.74 Å². The first-order valence-corrected chi connectivity index (χ1v) is 13.2. The molecule has 6 atom stereocenters. The third kappa shape index (κ3) is 7.46. The van der Waals surface area contributed by atoms with E-state index in [1.54, 1.807) is 11.8 Å². The fraction of sp³-hybridized carbons (Fsp3) is 0.704. The highest BCUT2D eigenvalue weighted by Gasteiger charge is 2.39. The van der Waals surface area contributed by atoms with E-state index in [2.05, 4.69) is 24.5 Å². The van der Waals surface area contributed by atoms with Crippen molar-refractivity contribution in [1.82, 2.24) is 15.5 Å². The first kappa shape index (κ1) is 28.5. The molecule has 7 nitrogen and oxygen atoms in total. The second-order valence-corrected chi connectivity index (χ2v) is 10.7. The highest BCUT2D eigenvalue weighted by atomic mass is 19.1. The molecule has 1 aromatic carbocycles. The number of hydrogen-bond donors (Lipinski definition) is 3. The summed E-state index contributed by atoms with van der Waals surface area (Å²) in [7, 11) is 0. The molecule has 3 N–H and O–H groups in total. The van der Waals surface area contributed by atoms with Crippen molar-refractivity contribution >= 4 is 11.8 Å². The zero-order valence-corrected chi connectivity index (χ0v) is 21.8. The van der Waals surface area contributed by atoms with Crippen LogP contribution in [0.5, 0.6) is 0 Å². The number of hydrogen-bond acceptors (Lipinski definition) is 5. The number of nitrogens with one attached hydrogen (secondary N) is 2. The highest BCUT2D eigenvalue weighted by molar-refractivity contribution is 5.89. The highest BCUT2D eigenvalue weighted by Crippen LogP contribution is 2.27. The number of ether oxygens (including phenoxy) is 1. The number of aliphatic hydroxyl groups excluding tert-OH is 1. The van der Waals surface area contributed by atoms with E-state index >= 15 is 0 Å². The lowest BCUT2D eigenvalue weighted by atomic mass is 9.94. The summed E-state index contributed by atoms with van der Waals surface area (Å²) in [6.45, 7) is 9.55. The number of amides is 2. The molecule has 0 bridgehead atoms. The topological polar surface area (TPSA) is 90.9 Å². The van der Waals surface area contributed by atoms with E-state index in [9.17, 15) is 23.5 Å². The Bertz CT molecular complexity index is 880. The van der Waals surface area contributed by atoms with Crippen molar-refractivity contribution in [3.8, 4) is 0 Å². The average Bonchev–Trinajstić information content (AvgIpc) is 3.42. The van der Waals surface area contributed by atoms with Gasteiger partial charge in [-0.25, -0.2) is 8.78 Å². The van der Waals surface area contributed by atoms with E-state index in [-0.39, 0.29) is 30.4 Å². The molecule has 202 valence electrons. The summed E-state index contributed by atoms with van der Waals surface area (Å²) in [6, 6.07) is 1.31. The molecule has 0 saturated carbocycles. The van der Waals surface area contributed by atoms with Gasteiger partial charge in [-0.2, -0.15) is 0 Å². The summed E-state index contributed by atoms with van der Waals surface area (Å²) in [5, 5.41) is 17.4. The van der Waals surface area contributed by atoms with Crippen molar-refractivity contribution in [3.63, 3.8) is 0 Å². The van der Waals surface area contributed by atoms with Gasteiger partial charge in [0.15, 0.2) is 0 Å². The van der Waals surface area contributed by atoms with Gasteiger partial charge in [-0.15, -0.1) is 0 Å². The molecule has 2 heterocycles. The van der Waals surface area contributed by atoms with E-state index in [0.29, 0.717) is 44.0 Å². The van der Waals surface area contributed by atoms with Crippen LogP contribution in [0.4, 0.5) is 8.78 Å². The van der Waals surface area contributed by atoms with Crippen molar-refractivity contribution in [2.45, 2.75) is 90.1 Å². The van der Waals surface area contributed by atoms with Gasteiger partial charge in [0.2, 0.25) is 11.8 Å². The van der Waals surface area contributed by atoms with Crippen LogP contribution in [0.1, 0.15) is 58.9 Å². The summed E-state index contributed by atoms with van der Waals surface area (Å²) in [4.78, 5) is 27.7. The Hall–Kier alpha value is -2.10. The van der Waals surface area contributed by atoms with E-state index in [0.717, 1.165) is 18.9 Å². The average molecular weight is 510 g/mol. The second-order valence-electron chi connectivity index (χ2n) is 10.7. The zero-order valence-electron chi connectivity index (χ0n) is 21.8. The normalized spacial score (nSPS) is 24.8. The summed E-state index contributed by atoms with van der Waals surface area (Å²) in [5.74, 6) is -1.55. The Morgan fingerprint density at radius 1 is 1.25 bits per heavy atom. The van der Waals surface area contributed by atoms with Gasteiger partial charge in [0.1, 0.15) is 17.7 Å². The Balaban J connectivity index is 1.72. The molecule has 0 aromatic heterocycles. The number of rotatable bonds is 12. The van der Waals surface area contributed by atoms with Crippen LogP contribution in [0.25, 0.3) is 0 Å². The summed E-state index contributed by atoms with van der Waals surface area (Å²) < 4.78 is 33.5. The minimum atomic E-state index is -1.02. The van der Waals surface area contributed by atoms with E-state index in [1.165, 1.54) is 12.1 Å².